The van der Waals surface area contributed by atoms with Gasteiger partial charge < -0.3 is 4.74 Å². The summed E-state index contributed by atoms with van der Waals surface area (Å²) in [6.07, 6.45) is 4.62. The van der Waals surface area contributed by atoms with Crippen LogP contribution in [0.5, 0.6) is 5.75 Å². The first-order valence-electron chi connectivity index (χ1n) is 7.48. The van der Waals surface area contributed by atoms with Gasteiger partial charge in [0.1, 0.15) is 17.3 Å². The van der Waals surface area contributed by atoms with Crippen molar-refractivity contribution in [3.63, 3.8) is 0 Å². The van der Waals surface area contributed by atoms with Gasteiger partial charge in [0, 0.05) is 36.1 Å². The molecule has 128 valence electrons. The van der Waals surface area contributed by atoms with Crippen molar-refractivity contribution in [2.24, 2.45) is 0 Å². The lowest BCUT2D eigenvalue weighted by molar-refractivity contribution is 0.269. The summed E-state index contributed by atoms with van der Waals surface area (Å²) < 4.78 is 32.6. The number of rotatable bonds is 7. The van der Waals surface area contributed by atoms with Crippen LogP contribution in [0.1, 0.15) is 12.8 Å². The quantitative estimate of drug-likeness (QED) is 0.728. The molecule has 1 fully saturated rings. The van der Waals surface area contributed by atoms with Gasteiger partial charge >= 0.3 is 0 Å². The highest BCUT2D eigenvalue weighted by Gasteiger charge is 2.38. The van der Waals surface area contributed by atoms with Crippen LogP contribution in [0.25, 0.3) is 0 Å². The van der Waals surface area contributed by atoms with E-state index in [-0.39, 0.29) is 24.1 Å². The fourth-order valence-electron chi connectivity index (χ4n) is 2.33. The zero-order valence-corrected chi connectivity index (χ0v) is 15.1. The van der Waals surface area contributed by atoms with Crippen LogP contribution in [-0.4, -0.2) is 36.9 Å². The Morgan fingerprint density at radius 2 is 2.04 bits per heavy atom. The molecule has 3 rings (SSSR count). The van der Waals surface area contributed by atoms with E-state index in [1.54, 1.807) is 36.5 Å². The molecule has 8 heteroatoms. The number of ether oxygens (including phenoxy) is 1. The Hall–Kier alpha value is -1.34. The van der Waals surface area contributed by atoms with Crippen molar-refractivity contribution in [2.75, 3.05) is 13.2 Å². The average Bonchev–Trinajstić information content (AvgIpc) is 3.40. The van der Waals surface area contributed by atoms with Gasteiger partial charge in [0.05, 0.1) is 5.02 Å². The third-order valence-electron chi connectivity index (χ3n) is 3.66. The number of halogens is 2. The van der Waals surface area contributed by atoms with Crippen molar-refractivity contribution in [1.82, 2.24) is 9.29 Å². The first-order chi connectivity index (χ1) is 11.5. The zero-order valence-electron chi connectivity index (χ0n) is 12.7. The zero-order chi connectivity index (χ0) is 17.2. The maximum atomic E-state index is 12.8. The minimum Gasteiger partial charge on any atom is -0.491 e. The molecule has 0 unspecified atom stereocenters. The molecule has 0 spiro atoms. The number of sulfonamides is 1. The van der Waals surface area contributed by atoms with Gasteiger partial charge in [-0.3, -0.25) is 4.98 Å². The lowest BCUT2D eigenvalue weighted by Gasteiger charge is -2.22. The van der Waals surface area contributed by atoms with Gasteiger partial charge in [0.2, 0.25) is 10.0 Å². The molecule has 0 radical (unpaired) electrons. The predicted octanol–water partition coefficient (Wildman–Crippen LogP) is 3.62. The lowest BCUT2D eigenvalue weighted by Crippen LogP contribution is -2.36. The van der Waals surface area contributed by atoms with Crippen LogP contribution in [0.2, 0.25) is 10.0 Å². The van der Waals surface area contributed by atoms with Crippen LogP contribution in [0, 0.1) is 0 Å². The maximum Gasteiger partial charge on any atom is 0.244 e. The summed E-state index contributed by atoms with van der Waals surface area (Å²) >= 11 is 12.0. The molecular weight excluding hydrogens is 371 g/mol. The molecule has 1 heterocycles. The van der Waals surface area contributed by atoms with Crippen molar-refractivity contribution in [2.45, 2.75) is 23.8 Å². The number of hydrogen-bond acceptors (Lipinski definition) is 4. The van der Waals surface area contributed by atoms with Crippen molar-refractivity contribution in [1.29, 1.82) is 0 Å². The second kappa shape index (κ2) is 7.27. The molecule has 1 saturated carbocycles. The normalized spacial score (nSPS) is 14.8. The highest BCUT2D eigenvalue weighted by molar-refractivity contribution is 7.89. The number of hydrogen-bond donors (Lipinski definition) is 0. The molecule has 1 aromatic heterocycles. The number of pyridine rings is 1. The van der Waals surface area contributed by atoms with Crippen molar-refractivity contribution >= 4 is 33.2 Å². The Kier molecular flexibility index (Phi) is 5.30. The van der Waals surface area contributed by atoms with Crippen LogP contribution in [0.4, 0.5) is 0 Å². The van der Waals surface area contributed by atoms with Crippen LogP contribution >= 0.6 is 23.2 Å². The molecule has 0 bridgehead atoms. The van der Waals surface area contributed by atoms with Crippen LogP contribution < -0.4 is 4.74 Å². The minimum absolute atomic E-state index is 0.0219. The highest BCUT2D eigenvalue weighted by Crippen LogP contribution is 2.32. The standard InChI is InChI=1S/C16H16Cl2N2O3S/c17-12-3-6-15(18)16(10-12)23-9-8-20(13-4-5-13)24(21,22)14-2-1-7-19-11-14/h1-3,6-7,10-11,13H,4-5,8-9H2. The van der Waals surface area contributed by atoms with E-state index in [4.69, 9.17) is 27.9 Å². The Balaban J connectivity index is 1.70. The Bertz CT molecular complexity index is 811. The summed E-state index contributed by atoms with van der Waals surface area (Å²) in [6.45, 7) is 0.431. The fourth-order valence-corrected chi connectivity index (χ4v) is 4.30. The monoisotopic (exact) mass is 386 g/mol. The lowest BCUT2D eigenvalue weighted by atomic mass is 10.3. The summed E-state index contributed by atoms with van der Waals surface area (Å²) in [4.78, 5) is 4.09. The van der Waals surface area contributed by atoms with E-state index in [2.05, 4.69) is 4.98 Å². The van der Waals surface area contributed by atoms with Gasteiger partial charge in [-0.15, -0.1) is 0 Å². The van der Waals surface area contributed by atoms with Crippen molar-refractivity contribution in [3.8, 4) is 5.75 Å². The third kappa shape index (κ3) is 4.00. The second-order valence-electron chi connectivity index (χ2n) is 5.46. The Labute approximate surface area is 151 Å². The first-order valence-corrected chi connectivity index (χ1v) is 9.68. The molecular formula is C16H16Cl2N2O3S. The van der Waals surface area contributed by atoms with E-state index >= 15 is 0 Å². The molecule has 5 nitrogen and oxygen atoms in total. The third-order valence-corrected chi connectivity index (χ3v) is 6.14. The molecule has 1 aliphatic carbocycles. The van der Waals surface area contributed by atoms with E-state index in [1.807, 2.05) is 0 Å². The number of aromatic nitrogens is 1. The van der Waals surface area contributed by atoms with Crippen LogP contribution in [0.3, 0.4) is 0 Å². The molecule has 1 aromatic carbocycles. The first kappa shape index (κ1) is 17.5. The van der Waals surface area contributed by atoms with E-state index in [0.29, 0.717) is 15.8 Å². The fraction of sp³-hybridized carbons (Fsp3) is 0.312. The van der Waals surface area contributed by atoms with Gasteiger partial charge in [-0.2, -0.15) is 4.31 Å². The summed E-state index contributed by atoms with van der Waals surface area (Å²) in [6, 6.07) is 8.10. The highest BCUT2D eigenvalue weighted by atomic mass is 35.5. The molecule has 0 N–H and O–H groups in total. The largest absolute Gasteiger partial charge is 0.491 e. The van der Waals surface area contributed by atoms with E-state index in [0.717, 1.165) is 12.8 Å². The van der Waals surface area contributed by atoms with Gasteiger partial charge in [-0.05, 0) is 37.1 Å². The predicted molar refractivity (Wildman–Crippen MR) is 93.1 cm³/mol. The molecule has 24 heavy (non-hydrogen) atoms. The van der Waals surface area contributed by atoms with Gasteiger partial charge in [-0.1, -0.05) is 23.2 Å². The summed E-state index contributed by atoms with van der Waals surface area (Å²) in [5.74, 6) is 0.443. The van der Waals surface area contributed by atoms with Gasteiger partial charge in [0.15, 0.2) is 0 Å². The molecule has 0 saturated heterocycles. The molecule has 0 aliphatic heterocycles. The summed E-state index contributed by atoms with van der Waals surface area (Å²) in [5.41, 5.74) is 0. The van der Waals surface area contributed by atoms with Crippen LogP contribution in [-0.2, 0) is 10.0 Å². The molecule has 2 aromatic rings. The van der Waals surface area contributed by atoms with E-state index in [9.17, 15) is 8.42 Å². The van der Waals surface area contributed by atoms with Crippen molar-refractivity contribution < 1.29 is 13.2 Å². The molecule has 0 atom stereocenters. The molecule has 1 aliphatic rings. The topological polar surface area (TPSA) is 59.5 Å². The molecule has 0 amide bonds. The second-order valence-corrected chi connectivity index (χ2v) is 8.19. The van der Waals surface area contributed by atoms with E-state index in [1.165, 1.54) is 10.5 Å². The summed E-state index contributed by atoms with van der Waals surface area (Å²) in [5, 5.41) is 0.948. The van der Waals surface area contributed by atoms with Crippen molar-refractivity contribution in [3.05, 3.63) is 52.8 Å². The van der Waals surface area contributed by atoms with E-state index < -0.39 is 10.0 Å². The number of benzene rings is 1. The average molecular weight is 387 g/mol. The van der Waals surface area contributed by atoms with Gasteiger partial charge in [0.25, 0.3) is 0 Å². The Morgan fingerprint density at radius 1 is 1.25 bits per heavy atom. The van der Waals surface area contributed by atoms with Gasteiger partial charge in [-0.25, -0.2) is 8.42 Å². The summed E-state index contributed by atoms with van der Waals surface area (Å²) in [7, 11) is -3.58. The SMILES string of the molecule is O=S(=O)(c1cccnc1)N(CCOc1cc(Cl)ccc1Cl)C1CC1. The number of nitrogens with zero attached hydrogens (tertiary/aromatic N) is 2. The Morgan fingerprint density at radius 3 is 2.71 bits per heavy atom. The van der Waals surface area contributed by atoms with Crippen LogP contribution in [0.15, 0.2) is 47.6 Å². The smallest absolute Gasteiger partial charge is 0.244 e. The minimum atomic E-state index is -3.58. The maximum absolute atomic E-state index is 12.8.